The van der Waals surface area contributed by atoms with E-state index in [1.807, 2.05) is 41.7 Å². The van der Waals surface area contributed by atoms with Gasteiger partial charge in [0.2, 0.25) is 0 Å². The molecule has 45 heavy (non-hydrogen) atoms. The molecule has 0 atom stereocenters. The minimum absolute atomic E-state index is 0.286. The lowest BCUT2D eigenvalue weighted by atomic mass is 10.1. The van der Waals surface area contributed by atoms with E-state index in [0.717, 1.165) is 37.0 Å². The minimum atomic E-state index is 0.286. The van der Waals surface area contributed by atoms with Crippen molar-refractivity contribution in [1.82, 2.24) is 4.98 Å². The highest BCUT2D eigenvalue weighted by Gasteiger charge is 2.12. The van der Waals surface area contributed by atoms with Gasteiger partial charge in [0.25, 0.3) is 0 Å². The fourth-order valence-electron chi connectivity index (χ4n) is 5.13. The molecular formula is C39H55N3O2S. The van der Waals surface area contributed by atoms with Gasteiger partial charge in [-0.1, -0.05) is 84.6 Å². The molecule has 2 heterocycles. The van der Waals surface area contributed by atoms with Crippen molar-refractivity contribution in [3.8, 4) is 11.5 Å². The smallest absolute Gasteiger partial charge is 0.132 e. The van der Waals surface area contributed by atoms with Crippen molar-refractivity contribution >= 4 is 34.9 Å². The SMILES string of the molecule is CCCCCCOc1ccc(C(=N)/C=C(\N)c2cc(/C=C/c3sc(CCCCCC)cc3C)ccn2)c(OCCCCCC)c1. The highest BCUT2D eigenvalue weighted by molar-refractivity contribution is 7.13. The summed E-state index contributed by atoms with van der Waals surface area (Å²) in [5.41, 5.74) is 10.9. The van der Waals surface area contributed by atoms with Gasteiger partial charge in [-0.3, -0.25) is 4.98 Å². The van der Waals surface area contributed by atoms with Crippen molar-refractivity contribution < 1.29 is 9.47 Å². The third kappa shape index (κ3) is 12.9. The number of nitrogens with zero attached hydrogens (tertiary/aromatic N) is 1. The van der Waals surface area contributed by atoms with Gasteiger partial charge >= 0.3 is 0 Å². The van der Waals surface area contributed by atoms with Crippen LogP contribution in [0.2, 0.25) is 0 Å². The van der Waals surface area contributed by atoms with E-state index >= 15 is 0 Å². The average Bonchev–Trinajstić information content (AvgIpc) is 3.40. The first-order valence-corrected chi connectivity index (χ1v) is 18.0. The maximum absolute atomic E-state index is 8.91. The Hall–Kier alpha value is -3.38. The molecule has 0 unspecified atom stereocenters. The van der Waals surface area contributed by atoms with Crippen LogP contribution in [0.5, 0.6) is 11.5 Å². The summed E-state index contributed by atoms with van der Waals surface area (Å²) in [5.74, 6) is 1.43. The average molecular weight is 630 g/mol. The van der Waals surface area contributed by atoms with Gasteiger partial charge in [-0.15, -0.1) is 11.3 Å². The summed E-state index contributed by atoms with van der Waals surface area (Å²) in [6.45, 7) is 10.1. The van der Waals surface area contributed by atoms with Crippen LogP contribution in [0.3, 0.4) is 0 Å². The van der Waals surface area contributed by atoms with Crippen molar-refractivity contribution in [2.75, 3.05) is 13.2 Å². The summed E-state index contributed by atoms with van der Waals surface area (Å²) in [6, 6.07) is 12.0. The number of pyridine rings is 1. The Morgan fingerprint density at radius 1 is 0.822 bits per heavy atom. The molecule has 0 radical (unpaired) electrons. The number of nitrogens with one attached hydrogen (secondary N) is 1. The van der Waals surface area contributed by atoms with Gasteiger partial charge in [0.1, 0.15) is 11.5 Å². The van der Waals surface area contributed by atoms with Crippen LogP contribution in [0.15, 0.2) is 48.7 Å². The number of aromatic nitrogens is 1. The van der Waals surface area contributed by atoms with Crippen LogP contribution in [-0.2, 0) is 6.42 Å². The number of benzene rings is 1. The van der Waals surface area contributed by atoms with E-state index in [1.54, 1.807) is 12.3 Å². The topological polar surface area (TPSA) is 81.2 Å². The van der Waals surface area contributed by atoms with Crippen LogP contribution >= 0.6 is 11.3 Å². The lowest BCUT2D eigenvalue weighted by Gasteiger charge is -2.14. The van der Waals surface area contributed by atoms with E-state index in [9.17, 15) is 0 Å². The van der Waals surface area contributed by atoms with Crippen LogP contribution in [0.4, 0.5) is 0 Å². The maximum Gasteiger partial charge on any atom is 0.132 e. The van der Waals surface area contributed by atoms with Crippen LogP contribution in [0.1, 0.15) is 130 Å². The normalized spacial score (nSPS) is 11.8. The molecule has 244 valence electrons. The van der Waals surface area contributed by atoms with E-state index < -0.39 is 0 Å². The van der Waals surface area contributed by atoms with Crippen molar-refractivity contribution in [3.05, 3.63) is 80.8 Å². The van der Waals surface area contributed by atoms with Crippen molar-refractivity contribution in [1.29, 1.82) is 5.41 Å². The molecule has 0 spiro atoms. The molecule has 2 aromatic heterocycles. The second kappa shape index (κ2) is 20.6. The first kappa shape index (κ1) is 36.1. The molecule has 0 aliphatic heterocycles. The van der Waals surface area contributed by atoms with Crippen LogP contribution in [0, 0.1) is 12.3 Å². The molecule has 3 aromatic rings. The second-order valence-electron chi connectivity index (χ2n) is 11.9. The zero-order chi connectivity index (χ0) is 32.3. The Balaban J connectivity index is 1.71. The predicted molar refractivity (Wildman–Crippen MR) is 195 cm³/mol. The number of aryl methyl sites for hydroxylation is 2. The molecule has 0 amide bonds. The van der Waals surface area contributed by atoms with Gasteiger partial charge in [0, 0.05) is 27.6 Å². The summed E-state index contributed by atoms with van der Waals surface area (Å²) in [4.78, 5) is 7.26. The number of nitrogens with two attached hydrogens (primary N) is 1. The third-order valence-electron chi connectivity index (χ3n) is 7.86. The van der Waals surface area contributed by atoms with E-state index in [4.69, 9.17) is 20.6 Å². The number of ether oxygens (including phenoxy) is 2. The standard InChI is InChI=1S/C39H55N3O2S/c1-5-8-11-14-17-33-26-30(4)39(45-33)21-18-31-22-23-42-37(27-31)36(41)29-35(40)34-20-19-32(43-24-15-12-9-6-2)28-38(34)44-25-16-13-10-7-3/h18-23,26-29,40H,5-17,24-25,41H2,1-4H3/b21-18+,36-29-,40-35?. The van der Waals surface area contributed by atoms with Gasteiger partial charge in [-0.2, -0.15) is 0 Å². The van der Waals surface area contributed by atoms with Crippen LogP contribution in [-0.4, -0.2) is 23.9 Å². The van der Waals surface area contributed by atoms with E-state index in [1.165, 1.54) is 73.1 Å². The summed E-state index contributed by atoms with van der Waals surface area (Å²) >= 11 is 1.88. The molecule has 0 aliphatic carbocycles. The summed E-state index contributed by atoms with van der Waals surface area (Å²) in [6.07, 6.45) is 23.2. The number of unbranched alkanes of at least 4 members (excludes halogenated alkanes) is 9. The van der Waals surface area contributed by atoms with Gasteiger partial charge in [0.05, 0.1) is 30.3 Å². The van der Waals surface area contributed by atoms with Crippen molar-refractivity contribution in [3.63, 3.8) is 0 Å². The highest BCUT2D eigenvalue weighted by Crippen LogP contribution is 2.28. The predicted octanol–water partition coefficient (Wildman–Crippen LogP) is 11.0. The lowest BCUT2D eigenvalue weighted by molar-refractivity contribution is 0.290. The van der Waals surface area contributed by atoms with Crippen LogP contribution < -0.4 is 15.2 Å². The monoisotopic (exact) mass is 629 g/mol. The molecule has 0 fully saturated rings. The molecule has 3 N–H and O–H groups in total. The molecule has 0 saturated heterocycles. The number of hydrogen-bond acceptors (Lipinski definition) is 6. The zero-order valence-electron chi connectivity index (χ0n) is 28.1. The summed E-state index contributed by atoms with van der Waals surface area (Å²) in [7, 11) is 0. The van der Waals surface area contributed by atoms with Crippen molar-refractivity contribution in [2.45, 2.75) is 111 Å². The van der Waals surface area contributed by atoms with E-state index in [0.29, 0.717) is 35.9 Å². The van der Waals surface area contributed by atoms with E-state index in [-0.39, 0.29) is 5.71 Å². The third-order valence-corrected chi connectivity index (χ3v) is 9.12. The zero-order valence-corrected chi connectivity index (χ0v) is 28.9. The van der Waals surface area contributed by atoms with Gasteiger partial charge in [-0.25, -0.2) is 0 Å². The summed E-state index contributed by atoms with van der Waals surface area (Å²) < 4.78 is 12.2. The molecule has 0 bridgehead atoms. The Labute approximate surface area is 276 Å². The van der Waals surface area contributed by atoms with Crippen molar-refractivity contribution in [2.24, 2.45) is 5.73 Å². The fraction of sp³-hybridized carbons (Fsp3) is 0.487. The fourth-order valence-corrected chi connectivity index (χ4v) is 6.25. The Morgan fingerprint density at radius 3 is 2.22 bits per heavy atom. The number of allylic oxidation sites excluding steroid dienone is 1. The molecule has 0 saturated carbocycles. The molecule has 6 heteroatoms. The first-order valence-electron chi connectivity index (χ1n) is 17.1. The second-order valence-corrected chi connectivity index (χ2v) is 13.0. The summed E-state index contributed by atoms with van der Waals surface area (Å²) in [5, 5.41) is 8.91. The van der Waals surface area contributed by atoms with Gasteiger partial charge in [0.15, 0.2) is 0 Å². The van der Waals surface area contributed by atoms with Gasteiger partial charge < -0.3 is 20.6 Å². The van der Waals surface area contributed by atoms with E-state index in [2.05, 4.69) is 50.9 Å². The first-order chi connectivity index (χ1) is 21.9. The Bertz CT molecular complexity index is 1370. The van der Waals surface area contributed by atoms with Gasteiger partial charge in [-0.05, 0) is 86.2 Å². The number of hydrogen-bond donors (Lipinski definition) is 2. The maximum atomic E-state index is 8.91. The molecular weight excluding hydrogens is 575 g/mol. The molecule has 0 aliphatic rings. The quantitative estimate of drug-likeness (QED) is 0.0856. The number of thiophene rings is 1. The Morgan fingerprint density at radius 2 is 1.51 bits per heavy atom. The molecule has 3 rings (SSSR count). The lowest BCUT2D eigenvalue weighted by Crippen LogP contribution is -2.08. The molecule has 5 nitrogen and oxygen atoms in total. The largest absolute Gasteiger partial charge is 0.493 e. The minimum Gasteiger partial charge on any atom is -0.493 e. The highest BCUT2D eigenvalue weighted by atomic mass is 32.1. The Kier molecular flexibility index (Phi) is 16.5. The van der Waals surface area contributed by atoms with Crippen LogP contribution in [0.25, 0.3) is 17.8 Å². The number of rotatable bonds is 22. The molecule has 1 aromatic carbocycles.